The quantitative estimate of drug-likeness (QED) is 0.435. The highest BCUT2D eigenvalue weighted by Gasteiger charge is 2.19. The molecule has 7 heteroatoms. The van der Waals surface area contributed by atoms with Gasteiger partial charge in [0.1, 0.15) is 16.3 Å². The molecule has 0 amide bonds. The van der Waals surface area contributed by atoms with Gasteiger partial charge in [-0.25, -0.2) is 4.39 Å². The van der Waals surface area contributed by atoms with Crippen molar-refractivity contribution in [2.45, 2.75) is 19.8 Å². The molecule has 1 unspecified atom stereocenters. The van der Waals surface area contributed by atoms with E-state index in [1.165, 1.54) is 17.4 Å². The van der Waals surface area contributed by atoms with Crippen LogP contribution in [0.5, 0.6) is 5.75 Å². The molecule has 0 spiro atoms. The highest BCUT2D eigenvalue weighted by Crippen LogP contribution is 2.41. The molecular weight excluding hydrogens is 399 g/mol. The highest BCUT2D eigenvalue weighted by molar-refractivity contribution is 7.17. The summed E-state index contributed by atoms with van der Waals surface area (Å²) in [4.78, 5) is 15.3. The Hall–Kier alpha value is -2.41. The van der Waals surface area contributed by atoms with Crippen molar-refractivity contribution in [2.24, 2.45) is 5.73 Å². The summed E-state index contributed by atoms with van der Waals surface area (Å²) in [6, 6.07) is 8.39. The van der Waals surface area contributed by atoms with Crippen LogP contribution in [0.15, 0.2) is 40.5 Å². The molecule has 0 fully saturated rings. The van der Waals surface area contributed by atoms with Crippen LogP contribution in [0.1, 0.15) is 24.0 Å². The SMILES string of the molecule is Cc1cc(O)c(-c2ccc(C(C)CN)c(F)c2)c2c1[nH]c(=O)c1sccc12.Cl. The first-order valence-corrected chi connectivity index (χ1v) is 9.56. The molecule has 4 N–H and O–H groups in total. The van der Waals surface area contributed by atoms with Crippen LogP contribution in [0, 0.1) is 12.7 Å². The molecule has 0 aliphatic carbocycles. The Morgan fingerprint density at radius 2 is 2.04 bits per heavy atom. The van der Waals surface area contributed by atoms with Gasteiger partial charge < -0.3 is 15.8 Å². The second kappa shape index (κ2) is 7.54. The van der Waals surface area contributed by atoms with Crippen LogP contribution in [-0.2, 0) is 0 Å². The summed E-state index contributed by atoms with van der Waals surface area (Å²) in [5, 5.41) is 14.0. The molecular formula is C21H20ClFN2O2S. The zero-order chi connectivity index (χ0) is 19.3. The van der Waals surface area contributed by atoms with Crippen LogP contribution in [0.25, 0.3) is 32.1 Å². The van der Waals surface area contributed by atoms with Gasteiger partial charge in [0.2, 0.25) is 0 Å². The lowest BCUT2D eigenvalue weighted by molar-refractivity contribution is 0.477. The van der Waals surface area contributed by atoms with Gasteiger partial charge in [-0.05, 0) is 59.7 Å². The molecule has 28 heavy (non-hydrogen) atoms. The Morgan fingerprint density at radius 1 is 1.29 bits per heavy atom. The fourth-order valence-corrected chi connectivity index (χ4v) is 4.38. The van der Waals surface area contributed by atoms with Crippen LogP contribution < -0.4 is 11.3 Å². The lowest BCUT2D eigenvalue weighted by atomic mass is 9.92. The average molecular weight is 419 g/mol. The predicted molar refractivity (Wildman–Crippen MR) is 116 cm³/mol. The van der Waals surface area contributed by atoms with Crippen molar-refractivity contribution in [2.75, 3.05) is 6.54 Å². The van der Waals surface area contributed by atoms with Crippen LogP contribution in [0.4, 0.5) is 4.39 Å². The van der Waals surface area contributed by atoms with Crippen LogP contribution in [0.2, 0.25) is 0 Å². The van der Waals surface area contributed by atoms with Gasteiger partial charge in [-0.2, -0.15) is 0 Å². The highest BCUT2D eigenvalue weighted by atomic mass is 35.5. The maximum absolute atomic E-state index is 14.7. The first kappa shape index (κ1) is 20.3. The van der Waals surface area contributed by atoms with Gasteiger partial charge >= 0.3 is 0 Å². The van der Waals surface area contributed by atoms with Gasteiger partial charge in [0.05, 0.1) is 5.52 Å². The lowest BCUT2D eigenvalue weighted by Crippen LogP contribution is -2.10. The Morgan fingerprint density at radius 3 is 2.71 bits per heavy atom. The number of aryl methyl sites for hydroxylation is 1. The van der Waals surface area contributed by atoms with Crippen molar-refractivity contribution in [1.29, 1.82) is 0 Å². The number of thiophene rings is 1. The summed E-state index contributed by atoms with van der Waals surface area (Å²) in [5.74, 6) is -0.398. The van der Waals surface area contributed by atoms with Crippen molar-refractivity contribution in [1.82, 2.24) is 4.98 Å². The van der Waals surface area contributed by atoms with E-state index >= 15 is 0 Å². The number of H-pyrrole nitrogens is 1. The number of fused-ring (bicyclic) bond motifs is 3. The fraction of sp³-hybridized carbons (Fsp3) is 0.190. The second-order valence-electron chi connectivity index (χ2n) is 6.83. The number of pyridine rings is 1. The Balaban J connectivity index is 0.00000225. The van der Waals surface area contributed by atoms with Gasteiger partial charge in [-0.1, -0.05) is 19.1 Å². The maximum atomic E-state index is 14.7. The third kappa shape index (κ3) is 3.07. The second-order valence-corrected chi connectivity index (χ2v) is 7.74. The van der Waals surface area contributed by atoms with E-state index < -0.39 is 0 Å². The zero-order valence-corrected chi connectivity index (χ0v) is 17.0. The van der Waals surface area contributed by atoms with Crippen molar-refractivity contribution >= 4 is 44.7 Å². The van der Waals surface area contributed by atoms with E-state index in [9.17, 15) is 14.3 Å². The molecule has 146 valence electrons. The normalized spacial score (nSPS) is 12.3. The maximum Gasteiger partial charge on any atom is 0.266 e. The number of nitrogens with two attached hydrogens (primary N) is 1. The van der Waals surface area contributed by atoms with E-state index in [0.29, 0.717) is 33.5 Å². The molecule has 0 aliphatic rings. The largest absolute Gasteiger partial charge is 0.507 e. The van der Waals surface area contributed by atoms with E-state index in [-0.39, 0.29) is 35.5 Å². The third-order valence-electron chi connectivity index (χ3n) is 5.06. The minimum absolute atomic E-state index is 0. The van der Waals surface area contributed by atoms with E-state index in [1.807, 2.05) is 25.3 Å². The van der Waals surface area contributed by atoms with E-state index in [2.05, 4.69) is 4.98 Å². The van der Waals surface area contributed by atoms with E-state index in [1.54, 1.807) is 18.2 Å². The zero-order valence-electron chi connectivity index (χ0n) is 15.4. The lowest BCUT2D eigenvalue weighted by Gasteiger charge is -2.15. The molecule has 0 aliphatic heterocycles. The fourth-order valence-electron chi connectivity index (χ4n) is 3.58. The number of aromatic nitrogens is 1. The number of phenolic OH excluding ortho intramolecular Hbond substituents is 1. The average Bonchev–Trinajstić information content (AvgIpc) is 3.13. The standard InChI is InChI=1S/C21H19FN2O2S.ClH/c1-10-7-16(25)17(12-3-4-13(11(2)9-23)15(22)8-12)18-14-5-6-27-20(14)21(26)24-19(10)18;/h3-8,11,25H,9,23H2,1-2H3,(H,24,26);1H. The summed E-state index contributed by atoms with van der Waals surface area (Å²) in [5.41, 5.74) is 8.53. The molecule has 0 bridgehead atoms. The molecule has 0 saturated heterocycles. The minimum Gasteiger partial charge on any atom is -0.507 e. The number of rotatable bonds is 3. The molecule has 1 atom stereocenters. The molecule has 2 aromatic carbocycles. The van der Waals surface area contributed by atoms with Crippen LogP contribution in [0.3, 0.4) is 0 Å². The Labute approximate surface area is 171 Å². The number of aromatic amines is 1. The number of benzene rings is 2. The summed E-state index contributed by atoms with van der Waals surface area (Å²) in [7, 11) is 0. The molecule has 0 saturated carbocycles. The molecule has 4 rings (SSSR count). The van der Waals surface area contributed by atoms with Gasteiger partial charge in [-0.15, -0.1) is 23.7 Å². The van der Waals surface area contributed by atoms with E-state index in [0.717, 1.165) is 16.3 Å². The van der Waals surface area contributed by atoms with Gasteiger partial charge in [-0.3, -0.25) is 4.79 Å². The van der Waals surface area contributed by atoms with Crippen molar-refractivity contribution < 1.29 is 9.50 Å². The summed E-state index contributed by atoms with van der Waals surface area (Å²) in [6.45, 7) is 4.05. The van der Waals surface area contributed by atoms with E-state index in [4.69, 9.17) is 5.73 Å². The Bertz CT molecular complexity index is 1250. The summed E-state index contributed by atoms with van der Waals surface area (Å²) in [6.07, 6.45) is 0. The molecule has 4 nitrogen and oxygen atoms in total. The smallest absolute Gasteiger partial charge is 0.266 e. The monoisotopic (exact) mass is 418 g/mol. The number of hydrogen-bond donors (Lipinski definition) is 3. The molecule has 4 aromatic rings. The molecule has 2 heterocycles. The summed E-state index contributed by atoms with van der Waals surface area (Å²) >= 11 is 1.34. The first-order chi connectivity index (χ1) is 12.9. The number of nitrogens with one attached hydrogen (secondary N) is 1. The Kier molecular flexibility index (Phi) is 5.48. The minimum atomic E-state index is -0.357. The summed E-state index contributed by atoms with van der Waals surface area (Å²) < 4.78 is 15.3. The topological polar surface area (TPSA) is 79.1 Å². The molecule has 2 aromatic heterocycles. The van der Waals surface area contributed by atoms with Crippen LogP contribution >= 0.6 is 23.7 Å². The molecule has 0 radical (unpaired) electrons. The predicted octanol–water partition coefficient (Wildman–Crippen LogP) is 5.05. The third-order valence-corrected chi connectivity index (χ3v) is 5.97. The number of hydrogen-bond acceptors (Lipinski definition) is 4. The van der Waals surface area contributed by atoms with Gasteiger partial charge in [0.25, 0.3) is 5.56 Å². The van der Waals surface area contributed by atoms with Gasteiger partial charge in [0, 0.05) is 16.3 Å². The number of halogens is 2. The number of phenols is 1. The first-order valence-electron chi connectivity index (χ1n) is 8.68. The van der Waals surface area contributed by atoms with Gasteiger partial charge in [0.15, 0.2) is 0 Å². The van der Waals surface area contributed by atoms with Crippen LogP contribution in [-0.4, -0.2) is 16.6 Å². The van der Waals surface area contributed by atoms with Crippen molar-refractivity contribution in [3.8, 4) is 16.9 Å². The van der Waals surface area contributed by atoms with Crippen molar-refractivity contribution in [3.63, 3.8) is 0 Å². The number of aromatic hydroxyl groups is 1. The van der Waals surface area contributed by atoms with Crippen molar-refractivity contribution in [3.05, 3.63) is 63.0 Å².